The fourth-order valence-corrected chi connectivity index (χ4v) is 2.40. The quantitative estimate of drug-likeness (QED) is 0.824. The van der Waals surface area contributed by atoms with Gasteiger partial charge < -0.3 is 4.90 Å². The molecule has 1 aliphatic carbocycles. The Bertz CT molecular complexity index is 349. The first-order valence-electron chi connectivity index (χ1n) is 5.81. The molecule has 2 rings (SSSR count). The Morgan fingerprint density at radius 1 is 1.56 bits per heavy atom. The average Bonchev–Trinajstić information content (AvgIpc) is 2.80. The number of carbonyl (C=O) groups excluding carboxylic acids is 1. The first kappa shape index (κ1) is 11.1. The molecule has 1 fully saturated rings. The summed E-state index contributed by atoms with van der Waals surface area (Å²) >= 11 is 0. The van der Waals surface area contributed by atoms with Crippen LogP contribution in [-0.2, 0) is 0 Å². The van der Waals surface area contributed by atoms with Gasteiger partial charge in [-0.15, -0.1) is 0 Å². The fraction of sp³-hybridized carbons (Fsp3) is 0.727. The second-order valence-corrected chi connectivity index (χ2v) is 4.68. The summed E-state index contributed by atoms with van der Waals surface area (Å²) < 4.78 is 0. The fourth-order valence-electron chi connectivity index (χ4n) is 2.40. The van der Waals surface area contributed by atoms with Crippen molar-refractivity contribution in [1.29, 1.82) is 0 Å². The molecule has 1 aliphatic rings. The maximum Gasteiger partial charge on any atom is 0.291 e. The molecule has 0 saturated heterocycles. The van der Waals surface area contributed by atoms with Crippen molar-refractivity contribution in [2.75, 3.05) is 7.05 Å². The molecule has 0 aromatic carbocycles. The number of aromatic nitrogens is 3. The first-order chi connectivity index (χ1) is 7.68. The van der Waals surface area contributed by atoms with Crippen molar-refractivity contribution < 1.29 is 4.79 Å². The number of amides is 1. The smallest absolute Gasteiger partial charge is 0.291 e. The maximum atomic E-state index is 12.0. The highest BCUT2D eigenvalue weighted by atomic mass is 16.2. The van der Waals surface area contributed by atoms with E-state index < -0.39 is 0 Å². The van der Waals surface area contributed by atoms with Gasteiger partial charge in [-0.2, -0.15) is 5.10 Å². The molecule has 1 heterocycles. The van der Waals surface area contributed by atoms with Gasteiger partial charge in [0.15, 0.2) is 0 Å². The molecule has 0 spiro atoms. The summed E-state index contributed by atoms with van der Waals surface area (Å²) in [6.07, 6.45) is 6.04. The minimum absolute atomic E-state index is 0.0587. The largest absolute Gasteiger partial charge is 0.336 e. The highest BCUT2D eigenvalue weighted by Crippen LogP contribution is 2.27. The summed E-state index contributed by atoms with van der Waals surface area (Å²) in [6, 6.07) is 0.348. The van der Waals surface area contributed by atoms with E-state index in [9.17, 15) is 4.79 Å². The molecule has 16 heavy (non-hydrogen) atoms. The van der Waals surface area contributed by atoms with Gasteiger partial charge in [-0.05, 0) is 18.8 Å². The van der Waals surface area contributed by atoms with E-state index in [1.165, 1.54) is 19.2 Å². The molecule has 0 radical (unpaired) electrons. The van der Waals surface area contributed by atoms with E-state index in [0.717, 1.165) is 12.8 Å². The van der Waals surface area contributed by atoms with Crippen molar-refractivity contribution in [3.05, 3.63) is 12.2 Å². The molecule has 5 nitrogen and oxygen atoms in total. The van der Waals surface area contributed by atoms with Crippen molar-refractivity contribution in [1.82, 2.24) is 20.1 Å². The number of nitrogens with one attached hydrogen (secondary N) is 1. The van der Waals surface area contributed by atoms with Gasteiger partial charge in [0.1, 0.15) is 6.33 Å². The Morgan fingerprint density at radius 3 is 3.00 bits per heavy atom. The van der Waals surface area contributed by atoms with Crippen LogP contribution in [0.2, 0.25) is 0 Å². The van der Waals surface area contributed by atoms with E-state index in [2.05, 4.69) is 22.1 Å². The molecule has 0 aliphatic heterocycles. The van der Waals surface area contributed by atoms with E-state index >= 15 is 0 Å². The van der Waals surface area contributed by atoms with Crippen LogP contribution in [0.1, 0.15) is 43.2 Å². The SMILES string of the molecule is CC1CCCC(N(C)C(=O)c2ncn[nH]2)C1. The van der Waals surface area contributed by atoms with Gasteiger partial charge in [0.25, 0.3) is 5.91 Å². The Balaban J connectivity index is 2.01. The summed E-state index contributed by atoms with van der Waals surface area (Å²) in [4.78, 5) is 17.7. The Labute approximate surface area is 95.2 Å². The first-order valence-corrected chi connectivity index (χ1v) is 5.81. The number of rotatable bonds is 2. The van der Waals surface area contributed by atoms with Gasteiger partial charge in [0, 0.05) is 13.1 Å². The van der Waals surface area contributed by atoms with E-state index in [4.69, 9.17) is 0 Å². The van der Waals surface area contributed by atoms with E-state index in [1.54, 1.807) is 4.90 Å². The summed E-state index contributed by atoms with van der Waals surface area (Å²) in [7, 11) is 1.85. The van der Waals surface area contributed by atoms with Crippen LogP contribution in [0.5, 0.6) is 0 Å². The van der Waals surface area contributed by atoms with Crippen LogP contribution in [0.3, 0.4) is 0 Å². The Hall–Kier alpha value is -1.39. The lowest BCUT2D eigenvalue weighted by Crippen LogP contribution is -2.40. The van der Waals surface area contributed by atoms with Crippen LogP contribution in [0.25, 0.3) is 0 Å². The van der Waals surface area contributed by atoms with E-state index in [1.807, 2.05) is 7.05 Å². The summed E-state index contributed by atoms with van der Waals surface area (Å²) in [5.74, 6) is 0.987. The lowest BCUT2D eigenvalue weighted by atomic mass is 9.86. The third-order valence-electron chi connectivity index (χ3n) is 3.39. The molecule has 1 saturated carbocycles. The average molecular weight is 222 g/mol. The molecule has 5 heteroatoms. The van der Waals surface area contributed by atoms with E-state index in [-0.39, 0.29) is 5.91 Å². The lowest BCUT2D eigenvalue weighted by molar-refractivity contribution is 0.0660. The van der Waals surface area contributed by atoms with Crippen LogP contribution in [0.15, 0.2) is 6.33 Å². The minimum atomic E-state index is -0.0587. The molecule has 0 bridgehead atoms. The zero-order valence-corrected chi connectivity index (χ0v) is 9.81. The van der Waals surface area contributed by atoms with Gasteiger partial charge in [-0.25, -0.2) is 4.98 Å². The van der Waals surface area contributed by atoms with Gasteiger partial charge in [0.2, 0.25) is 5.82 Å². The molecule has 1 aromatic rings. The topological polar surface area (TPSA) is 61.9 Å². The lowest BCUT2D eigenvalue weighted by Gasteiger charge is -2.33. The van der Waals surface area contributed by atoms with Gasteiger partial charge in [-0.1, -0.05) is 19.8 Å². The summed E-state index contributed by atoms with van der Waals surface area (Å²) in [5, 5.41) is 6.32. The van der Waals surface area contributed by atoms with Crippen molar-refractivity contribution >= 4 is 5.91 Å². The third kappa shape index (κ3) is 2.23. The van der Waals surface area contributed by atoms with E-state index in [0.29, 0.717) is 17.8 Å². The van der Waals surface area contributed by atoms with Crippen LogP contribution in [-0.4, -0.2) is 39.1 Å². The van der Waals surface area contributed by atoms with Crippen LogP contribution in [0.4, 0.5) is 0 Å². The molecular formula is C11H18N4O. The van der Waals surface area contributed by atoms with Crippen LogP contribution >= 0.6 is 0 Å². The summed E-state index contributed by atoms with van der Waals surface area (Å²) in [5.41, 5.74) is 0. The van der Waals surface area contributed by atoms with Gasteiger partial charge >= 0.3 is 0 Å². The predicted octanol–water partition coefficient (Wildman–Crippen LogP) is 1.46. The zero-order valence-electron chi connectivity index (χ0n) is 9.81. The third-order valence-corrected chi connectivity index (χ3v) is 3.39. The number of carbonyl (C=O) groups is 1. The standard InChI is InChI=1S/C11H18N4O/c1-8-4-3-5-9(6-8)15(2)11(16)10-12-7-13-14-10/h7-9H,3-6H2,1-2H3,(H,12,13,14). The number of hydrogen-bond donors (Lipinski definition) is 1. The van der Waals surface area contributed by atoms with Crippen molar-refractivity contribution in [2.24, 2.45) is 5.92 Å². The number of H-pyrrole nitrogens is 1. The molecule has 2 atom stereocenters. The maximum absolute atomic E-state index is 12.0. The molecular weight excluding hydrogens is 204 g/mol. The zero-order chi connectivity index (χ0) is 11.5. The number of hydrogen-bond acceptors (Lipinski definition) is 3. The van der Waals surface area contributed by atoms with Crippen LogP contribution < -0.4 is 0 Å². The monoisotopic (exact) mass is 222 g/mol. The second kappa shape index (κ2) is 4.63. The van der Waals surface area contributed by atoms with Crippen molar-refractivity contribution in [3.8, 4) is 0 Å². The second-order valence-electron chi connectivity index (χ2n) is 4.68. The number of nitrogens with zero attached hydrogens (tertiary/aromatic N) is 3. The molecule has 2 unspecified atom stereocenters. The molecule has 88 valence electrons. The number of aromatic amines is 1. The summed E-state index contributed by atoms with van der Waals surface area (Å²) in [6.45, 7) is 2.25. The highest BCUT2D eigenvalue weighted by Gasteiger charge is 2.26. The van der Waals surface area contributed by atoms with Gasteiger partial charge in [-0.3, -0.25) is 9.89 Å². The molecule has 1 amide bonds. The minimum Gasteiger partial charge on any atom is -0.336 e. The van der Waals surface area contributed by atoms with Gasteiger partial charge in [0.05, 0.1) is 0 Å². The normalized spacial score (nSPS) is 25.4. The molecule has 1 aromatic heterocycles. The van der Waals surface area contributed by atoms with Crippen molar-refractivity contribution in [2.45, 2.75) is 38.6 Å². The highest BCUT2D eigenvalue weighted by molar-refractivity contribution is 5.90. The Kier molecular flexibility index (Phi) is 3.22. The van der Waals surface area contributed by atoms with Crippen LogP contribution in [0, 0.1) is 5.92 Å². The predicted molar refractivity (Wildman–Crippen MR) is 59.9 cm³/mol. The molecule has 1 N–H and O–H groups in total. The Morgan fingerprint density at radius 2 is 2.38 bits per heavy atom. The van der Waals surface area contributed by atoms with Crippen molar-refractivity contribution in [3.63, 3.8) is 0 Å².